The first-order valence-corrected chi connectivity index (χ1v) is 8.67. The number of ether oxygens (including phenoxy) is 1. The summed E-state index contributed by atoms with van der Waals surface area (Å²) in [6.07, 6.45) is 6.99. The van der Waals surface area contributed by atoms with Gasteiger partial charge in [-0.2, -0.15) is 0 Å². The van der Waals surface area contributed by atoms with Crippen LogP contribution in [0.25, 0.3) is 0 Å². The first kappa shape index (κ1) is 16.6. The highest BCUT2D eigenvalue weighted by Crippen LogP contribution is 2.47. The van der Waals surface area contributed by atoms with Crippen molar-refractivity contribution in [1.82, 2.24) is 10.2 Å². The van der Waals surface area contributed by atoms with Crippen LogP contribution in [0.1, 0.15) is 52.9 Å². The molecule has 0 bridgehead atoms. The summed E-state index contributed by atoms with van der Waals surface area (Å²) in [7, 11) is 1.90. The zero-order chi connectivity index (χ0) is 15.3. The molecule has 1 unspecified atom stereocenters. The molecule has 2 fully saturated rings. The third kappa shape index (κ3) is 4.12. The second kappa shape index (κ2) is 7.48. The van der Waals surface area contributed by atoms with Gasteiger partial charge in [-0.3, -0.25) is 4.99 Å². The Morgan fingerprint density at radius 2 is 2.10 bits per heavy atom. The van der Waals surface area contributed by atoms with E-state index < -0.39 is 0 Å². The van der Waals surface area contributed by atoms with Crippen LogP contribution in [-0.2, 0) is 4.74 Å². The molecular formula is C17H33N3O. The number of nitrogens with zero attached hydrogens (tertiary/aromatic N) is 2. The van der Waals surface area contributed by atoms with Gasteiger partial charge in [0, 0.05) is 33.3 Å². The van der Waals surface area contributed by atoms with E-state index in [4.69, 9.17) is 4.74 Å². The fourth-order valence-electron chi connectivity index (χ4n) is 3.68. The van der Waals surface area contributed by atoms with Crippen molar-refractivity contribution in [2.45, 2.75) is 59.0 Å². The van der Waals surface area contributed by atoms with Crippen molar-refractivity contribution in [2.24, 2.45) is 16.3 Å². The summed E-state index contributed by atoms with van der Waals surface area (Å²) in [6, 6.07) is 0. The topological polar surface area (TPSA) is 36.9 Å². The molecule has 2 rings (SSSR count). The Morgan fingerprint density at radius 3 is 2.57 bits per heavy atom. The first-order chi connectivity index (χ1) is 10.1. The molecule has 1 aliphatic heterocycles. The third-order valence-corrected chi connectivity index (χ3v) is 5.20. The lowest BCUT2D eigenvalue weighted by atomic mass is 9.68. The van der Waals surface area contributed by atoms with Crippen molar-refractivity contribution in [3.05, 3.63) is 0 Å². The van der Waals surface area contributed by atoms with Gasteiger partial charge in [0.15, 0.2) is 5.96 Å². The lowest BCUT2D eigenvalue weighted by Crippen LogP contribution is -2.43. The summed E-state index contributed by atoms with van der Waals surface area (Å²) < 4.78 is 5.81. The standard InChI is InChI=1S/C17H33N3O/c1-5-21-15(14(2)3)7-11-19-16(18-4)20-12-10-17(13-20)8-6-9-17/h14-15H,5-13H2,1-4H3,(H,18,19). The number of nitrogens with one attached hydrogen (secondary N) is 1. The van der Waals surface area contributed by atoms with Crippen LogP contribution in [0.15, 0.2) is 4.99 Å². The van der Waals surface area contributed by atoms with E-state index in [1.807, 2.05) is 7.05 Å². The van der Waals surface area contributed by atoms with Gasteiger partial charge in [-0.1, -0.05) is 20.3 Å². The fourth-order valence-corrected chi connectivity index (χ4v) is 3.68. The van der Waals surface area contributed by atoms with Gasteiger partial charge in [0.1, 0.15) is 0 Å². The normalized spacial score (nSPS) is 22.7. The molecule has 1 spiro atoms. The van der Waals surface area contributed by atoms with E-state index in [0.29, 0.717) is 17.4 Å². The Hall–Kier alpha value is -0.770. The predicted octanol–water partition coefficient (Wildman–Crippen LogP) is 2.89. The maximum absolute atomic E-state index is 5.81. The molecule has 0 aromatic heterocycles. The van der Waals surface area contributed by atoms with Crippen LogP contribution in [0.2, 0.25) is 0 Å². The number of hydrogen-bond donors (Lipinski definition) is 1. The average molecular weight is 295 g/mol. The van der Waals surface area contributed by atoms with Crippen LogP contribution in [0.3, 0.4) is 0 Å². The monoisotopic (exact) mass is 295 g/mol. The predicted molar refractivity (Wildman–Crippen MR) is 88.7 cm³/mol. The van der Waals surface area contributed by atoms with Gasteiger partial charge in [-0.15, -0.1) is 0 Å². The maximum Gasteiger partial charge on any atom is 0.193 e. The molecule has 0 aromatic rings. The molecule has 21 heavy (non-hydrogen) atoms. The van der Waals surface area contributed by atoms with Crippen LogP contribution in [0, 0.1) is 11.3 Å². The zero-order valence-electron chi connectivity index (χ0n) is 14.3. The molecule has 2 aliphatic rings. The zero-order valence-corrected chi connectivity index (χ0v) is 14.3. The highest BCUT2D eigenvalue weighted by Gasteiger charge is 2.43. The lowest BCUT2D eigenvalue weighted by Gasteiger charge is -2.38. The van der Waals surface area contributed by atoms with Gasteiger partial charge in [0.05, 0.1) is 6.10 Å². The highest BCUT2D eigenvalue weighted by molar-refractivity contribution is 5.80. The Kier molecular flexibility index (Phi) is 5.91. The summed E-state index contributed by atoms with van der Waals surface area (Å²) in [5.41, 5.74) is 0.628. The number of likely N-dealkylation sites (tertiary alicyclic amines) is 1. The summed E-state index contributed by atoms with van der Waals surface area (Å²) >= 11 is 0. The minimum absolute atomic E-state index is 0.345. The summed E-state index contributed by atoms with van der Waals surface area (Å²) in [6.45, 7) is 10.6. The molecular weight excluding hydrogens is 262 g/mol. The Balaban J connectivity index is 1.75. The molecule has 4 nitrogen and oxygen atoms in total. The molecule has 122 valence electrons. The van der Waals surface area contributed by atoms with E-state index in [0.717, 1.165) is 25.5 Å². The van der Waals surface area contributed by atoms with Gasteiger partial charge in [0.25, 0.3) is 0 Å². The lowest BCUT2D eigenvalue weighted by molar-refractivity contribution is 0.0257. The second-order valence-corrected chi connectivity index (χ2v) is 7.03. The van der Waals surface area contributed by atoms with Crippen molar-refractivity contribution in [3.63, 3.8) is 0 Å². The minimum atomic E-state index is 0.345. The molecule has 1 N–H and O–H groups in total. The number of hydrogen-bond acceptors (Lipinski definition) is 2. The van der Waals surface area contributed by atoms with Gasteiger partial charge in [-0.25, -0.2) is 0 Å². The Bertz CT molecular complexity index is 350. The van der Waals surface area contributed by atoms with Crippen LogP contribution >= 0.6 is 0 Å². The van der Waals surface area contributed by atoms with Crippen LogP contribution in [0.5, 0.6) is 0 Å². The van der Waals surface area contributed by atoms with E-state index in [-0.39, 0.29) is 0 Å². The van der Waals surface area contributed by atoms with E-state index >= 15 is 0 Å². The largest absolute Gasteiger partial charge is 0.378 e. The summed E-state index contributed by atoms with van der Waals surface area (Å²) in [5.74, 6) is 1.65. The quantitative estimate of drug-likeness (QED) is 0.605. The molecule has 0 aromatic carbocycles. The van der Waals surface area contributed by atoms with Crippen molar-refractivity contribution >= 4 is 5.96 Å². The SMILES string of the molecule is CCOC(CCNC(=NC)N1CCC2(CCC2)C1)C(C)C. The fraction of sp³-hybridized carbons (Fsp3) is 0.941. The van der Waals surface area contributed by atoms with Crippen LogP contribution in [0.4, 0.5) is 0 Å². The highest BCUT2D eigenvalue weighted by atomic mass is 16.5. The average Bonchev–Trinajstić information content (AvgIpc) is 2.87. The van der Waals surface area contributed by atoms with Gasteiger partial charge in [0.2, 0.25) is 0 Å². The molecule has 1 aliphatic carbocycles. The minimum Gasteiger partial charge on any atom is -0.378 e. The number of aliphatic imine (C=N–C) groups is 1. The molecule has 1 saturated carbocycles. The molecule has 1 heterocycles. The van der Waals surface area contributed by atoms with Gasteiger partial charge >= 0.3 is 0 Å². The van der Waals surface area contributed by atoms with Crippen molar-refractivity contribution in [3.8, 4) is 0 Å². The molecule has 1 atom stereocenters. The Labute approximate surface area is 130 Å². The van der Waals surface area contributed by atoms with Crippen molar-refractivity contribution < 1.29 is 4.74 Å². The van der Waals surface area contributed by atoms with E-state index in [2.05, 4.69) is 36.0 Å². The van der Waals surface area contributed by atoms with E-state index in [1.54, 1.807) is 0 Å². The summed E-state index contributed by atoms with van der Waals surface area (Å²) in [4.78, 5) is 6.92. The second-order valence-electron chi connectivity index (χ2n) is 7.03. The first-order valence-electron chi connectivity index (χ1n) is 8.67. The van der Waals surface area contributed by atoms with Crippen molar-refractivity contribution in [1.29, 1.82) is 0 Å². The van der Waals surface area contributed by atoms with Gasteiger partial charge < -0.3 is 15.0 Å². The smallest absolute Gasteiger partial charge is 0.193 e. The number of rotatable bonds is 6. The molecule has 0 amide bonds. The van der Waals surface area contributed by atoms with E-state index in [9.17, 15) is 0 Å². The molecule has 0 radical (unpaired) electrons. The molecule has 4 heteroatoms. The van der Waals surface area contributed by atoms with Gasteiger partial charge in [-0.05, 0) is 43.9 Å². The molecule has 1 saturated heterocycles. The van der Waals surface area contributed by atoms with Crippen LogP contribution < -0.4 is 5.32 Å². The summed E-state index contributed by atoms with van der Waals surface area (Å²) in [5, 5.41) is 3.54. The third-order valence-electron chi connectivity index (χ3n) is 5.20. The Morgan fingerprint density at radius 1 is 1.33 bits per heavy atom. The van der Waals surface area contributed by atoms with Crippen LogP contribution in [-0.4, -0.2) is 50.3 Å². The van der Waals surface area contributed by atoms with E-state index in [1.165, 1.54) is 38.8 Å². The maximum atomic E-state index is 5.81. The van der Waals surface area contributed by atoms with Crippen molar-refractivity contribution in [2.75, 3.05) is 33.3 Å². The number of guanidine groups is 1.